The number of fused-ring (bicyclic) bond motifs is 2. The van der Waals surface area contributed by atoms with E-state index in [2.05, 4.69) is 81.0 Å². The number of aromatic amines is 2. The summed E-state index contributed by atoms with van der Waals surface area (Å²) in [7, 11) is 0. The molecule has 0 unspecified atom stereocenters. The second-order valence-corrected chi connectivity index (χ2v) is 8.63. The van der Waals surface area contributed by atoms with Gasteiger partial charge in [-0.05, 0) is 30.3 Å². The van der Waals surface area contributed by atoms with Crippen LogP contribution in [0.4, 0.5) is 5.69 Å². The SMILES string of the molecule is C=C(Nc1cncc(-c2cnc3n[nH]c(-c4cc5cccnc5[nH]4)c3c2)c1)C(C)(C)C. The fraction of sp³-hybridized carbons (Fsp3) is 0.167. The van der Waals surface area contributed by atoms with E-state index in [4.69, 9.17) is 0 Å². The maximum Gasteiger partial charge on any atom is 0.181 e. The van der Waals surface area contributed by atoms with Gasteiger partial charge in [0.25, 0.3) is 0 Å². The van der Waals surface area contributed by atoms with E-state index in [1.807, 2.05) is 24.5 Å². The van der Waals surface area contributed by atoms with Crippen molar-refractivity contribution in [1.29, 1.82) is 0 Å². The van der Waals surface area contributed by atoms with E-state index < -0.39 is 0 Å². The molecule has 5 rings (SSSR count). The fourth-order valence-corrected chi connectivity index (χ4v) is 3.38. The molecule has 0 aliphatic rings. The monoisotopic (exact) mass is 409 g/mol. The quantitative estimate of drug-likeness (QED) is 0.362. The maximum absolute atomic E-state index is 4.55. The second kappa shape index (κ2) is 7.05. The number of H-pyrrole nitrogens is 2. The van der Waals surface area contributed by atoms with Crippen molar-refractivity contribution in [3.63, 3.8) is 0 Å². The Balaban J connectivity index is 1.54. The first kappa shape index (κ1) is 19.0. The summed E-state index contributed by atoms with van der Waals surface area (Å²) in [6.07, 6.45) is 7.22. The first-order chi connectivity index (χ1) is 14.9. The van der Waals surface area contributed by atoms with Crippen LogP contribution in [0.1, 0.15) is 20.8 Å². The molecule has 0 aliphatic heterocycles. The summed E-state index contributed by atoms with van der Waals surface area (Å²) < 4.78 is 0. The predicted octanol–water partition coefficient (Wildman–Crippen LogP) is 5.53. The van der Waals surface area contributed by atoms with Gasteiger partial charge in [-0.15, -0.1) is 0 Å². The van der Waals surface area contributed by atoms with Gasteiger partial charge >= 0.3 is 0 Å². The molecule has 31 heavy (non-hydrogen) atoms. The molecular formula is C24H23N7. The third-order valence-electron chi connectivity index (χ3n) is 5.34. The normalized spacial score (nSPS) is 11.8. The van der Waals surface area contributed by atoms with Gasteiger partial charge in [-0.1, -0.05) is 27.4 Å². The zero-order valence-corrected chi connectivity index (χ0v) is 17.7. The van der Waals surface area contributed by atoms with E-state index in [-0.39, 0.29) is 5.41 Å². The summed E-state index contributed by atoms with van der Waals surface area (Å²) in [6, 6.07) is 10.2. The topological polar surface area (TPSA) is 95.2 Å². The number of nitrogens with one attached hydrogen (secondary N) is 3. The van der Waals surface area contributed by atoms with Gasteiger partial charge in [-0.25, -0.2) is 9.97 Å². The first-order valence-electron chi connectivity index (χ1n) is 10.1. The van der Waals surface area contributed by atoms with Gasteiger partial charge in [-0.3, -0.25) is 10.1 Å². The Kier molecular flexibility index (Phi) is 4.32. The molecule has 0 spiro atoms. The lowest BCUT2D eigenvalue weighted by atomic mass is 9.93. The first-order valence-corrected chi connectivity index (χ1v) is 10.1. The molecule has 7 nitrogen and oxygen atoms in total. The predicted molar refractivity (Wildman–Crippen MR) is 124 cm³/mol. The Morgan fingerprint density at radius 1 is 1.03 bits per heavy atom. The van der Waals surface area contributed by atoms with Crippen LogP contribution >= 0.6 is 0 Å². The van der Waals surface area contributed by atoms with Crippen LogP contribution in [0.5, 0.6) is 0 Å². The molecule has 0 saturated carbocycles. The zero-order chi connectivity index (χ0) is 21.6. The largest absolute Gasteiger partial charge is 0.358 e. The molecule has 3 N–H and O–H groups in total. The average Bonchev–Trinajstić information content (AvgIpc) is 3.36. The smallest absolute Gasteiger partial charge is 0.181 e. The van der Waals surface area contributed by atoms with Crippen LogP contribution in [-0.2, 0) is 0 Å². The molecule has 0 radical (unpaired) electrons. The van der Waals surface area contributed by atoms with Gasteiger partial charge in [0.1, 0.15) is 5.65 Å². The summed E-state index contributed by atoms with van der Waals surface area (Å²) >= 11 is 0. The van der Waals surface area contributed by atoms with Crippen molar-refractivity contribution < 1.29 is 0 Å². The average molecular weight is 409 g/mol. The van der Waals surface area contributed by atoms with E-state index in [1.165, 1.54) is 0 Å². The number of rotatable bonds is 4. The molecule has 7 heteroatoms. The third-order valence-corrected chi connectivity index (χ3v) is 5.34. The van der Waals surface area contributed by atoms with E-state index >= 15 is 0 Å². The van der Waals surface area contributed by atoms with Crippen molar-refractivity contribution in [3.8, 4) is 22.5 Å². The molecule has 0 saturated heterocycles. The van der Waals surface area contributed by atoms with Crippen LogP contribution in [-0.4, -0.2) is 30.1 Å². The fourth-order valence-electron chi connectivity index (χ4n) is 3.38. The zero-order valence-electron chi connectivity index (χ0n) is 17.7. The number of pyridine rings is 3. The molecule has 0 bridgehead atoms. The highest BCUT2D eigenvalue weighted by molar-refractivity contribution is 5.95. The van der Waals surface area contributed by atoms with Gasteiger partial charge in [0.2, 0.25) is 0 Å². The van der Waals surface area contributed by atoms with Crippen LogP contribution in [0.25, 0.3) is 44.6 Å². The molecule has 0 aliphatic carbocycles. The third kappa shape index (κ3) is 3.54. The molecule has 5 heterocycles. The minimum absolute atomic E-state index is 0.0450. The van der Waals surface area contributed by atoms with Crippen molar-refractivity contribution in [1.82, 2.24) is 30.1 Å². The molecular weight excluding hydrogens is 386 g/mol. The Labute approximate surface area is 179 Å². The van der Waals surface area contributed by atoms with Crippen LogP contribution < -0.4 is 5.32 Å². The summed E-state index contributed by atoms with van der Waals surface area (Å²) in [5.41, 5.74) is 7.01. The van der Waals surface area contributed by atoms with E-state index in [9.17, 15) is 0 Å². The van der Waals surface area contributed by atoms with Gasteiger partial charge in [0, 0.05) is 51.6 Å². The lowest BCUT2D eigenvalue weighted by molar-refractivity contribution is 0.509. The molecule has 154 valence electrons. The Morgan fingerprint density at radius 2 is 1.87 bits per heavy atom. The highest BCUT2D eigenvalue weighted by Crippen LogP contribution is 2.31. The molecule has 0 atom stereocenters. The van der Waals surface area contributed by atoms with Gasteiger partial charge in [-0.2, -0.15) is 5.10 Å². The summed E-state index contributed by atoms with van der Waals surface area (Å²) in [5, 5.41) is 12.8. The highest BCUT2D eigenvalue weighted by Gasteiger charge is 2.16. The van der Waals surface area contributed by atoms with Crippen molar-refractivity contribution in [2.24, 2.45) is 5.41 Å². The Morgan fingerprint density at radius 3 is 2.68 bits per heavy atom. The number of hydrogen-bond acceptors (Lipinski definition) is 5. The molecule has 0 fully saturated rings. The van der Waals surface area contributed by atoms with Crippen molar-refractivity contribution in [2.45, 2.75) is 20.8 Å². The van der Waals surface area contributed by atoms with Crippen LogP contribution in [0, 0.1) is 5.41 Å². The second-order valence-electron chi connectivity index (χ2n) is 8.63. The van der Waals surface area contributed by atoms with Gasteiger partial charge in [0.15, 0.2) is 5.65 Å². The van der Waals surface area contributed by atoms with E-state index in [0.717, 1.165) is 50.3 Å². The maximum atomic E-state index is 4.55. The minimum atomic E-state index is -0.0450. The summed E-state index contributed by atoms with van der Waals surface area (Å²) in [4.78, 5) is 16.7. The number of aromatic nitrogens is 6. The van der Waals surface area contributed by atoms with Gasteiger partial charge in [0.05, 0.1) is 23.3 Å². The van der Waals surface area contributed by atoms with E-state index in [1.54, 1.807) is 12.4 Å². The summed E-state index contributed by atoms with van der Waals surface area (Å²) in [6.45, 7) is 10.5. The standard InChI is InChI=1S/C24H23N7/c1-14(24(2,3)4)28-18-8-16(11-25-13-18)17-9-19-21(30-31-23(19)27-12-17)20-10-15-6-5-7-26-22(15)29-20/h5-13,28H,1H2,2-4H3,(H,26,29)(H,27,30,31). The van der Waals surface area contributed by atoms with Crippen LogP contribution in [0.15, 0.2) is 67.4 Å². The minimum Gasteiger partial charge on any atom is -0.358 e. The van der Waals surface area contributed by atoms with Crippen molar-refractivity contribution in [2.75, 3.05) is 5.32 Å². The number of nitrogens with zero attached hydrogens (tertiary/aromatic N) is 4. The number of hydrogen-bond donors (Lipinski definition) is 3. The molecule has 5 aromatic heterocycles. The molecule has 0 amide bonds. The van der Waals surface area contributed by atoms with Crippen molar-refractivity contribution in [3.05, 3.63) is 67.4 Å². The Bertz CT molecular complexity index is 1390. The lowest BCUT2D eigenvalue weighted by Crippen LogP contribution is -2.15. The van der Waals surface area contributed by atoms with Crippen molar-refractivity contribution >= 4 is 27.8 Å². The molecule has 5 aromatic rings. The van der Waals surface area contributed by atoms with Crippen LogP contribution in [0.3, 0.4) is 0 Å². The Hall–Kier alpha value is -4.00. The number of allylic oxidation sites excluding steroid dienone is 1. The number of anilines is 1. The highest BCUT2D eigenvalue weighted by atomic mass is 15.2. The van der Waals surface area contributed by atoms with E-state index in [0.29, 0.717) is 5.65 Å². The van der Waals surface area contributed by atoms with Crippen LogP contribution in [0.2, 0.25) is 0 Å². The molecule has 0 aromatic carbocycles. The summed E-state index contributed by atoms with van der Waals surface area (Å²) in [5.74, 6) is 0. The lowest BCUT2D eigenvalue weighted by Gasteiger charge is -2.23. The van der Waals surface area contributed by atoms with Gasteiger partial charge < -0.3 is 10.3 Å².